The molecule has 170 valence electrons. The van der Waals surface area contributed by atoms with Gasteiger partial charge in [-0.2, -0.15) is 0 Å². The van der Waals surface area contributed by atoms with E-state index in [1.54, 1.807) is 11.1 Å². The van der Waals surface area contributed by atoms with E-state index in [0.717, 1.165) is 42.4 Å². The molecule has 3 rings (SSSR count). The fraction of sp³-hybridized carbons (Fsp3) is 0.793. The van der Waals surface area contributed by atoms with Gasteiger partial charge in [0, 0.05) is 0 Å². The predicted octanol–water partition coefficient (Wildman–Crippen LogP) is 9.40. The molecule has 1 heteroatoms. The molecule has 0 N–H and O–H groups in total. The maximum Gasteiger partial charge on any atom is 0.119 e. The average molecular weight is 413 g/mol. The third kappa shape index (κ3) is 6.76. The van der Waals surface area contributed by atoms with Crippen LogP contribution in [0.5, 0.6) is 5.75 Å². The van der Waals surface area contributed by atoms with E-state index in [2.05, 4.69) is 39.0 Å². The topological polar surface area (TPSA) is 9.23 Å². The first-order chi connectivity index (χ1) is 14.7. The minimum absolute atomic E-state index is 0.764. The van der Waals surface area contributed by atoms with Gasteiger partial charge in [-0.25, -0.2) is 0 Å². The zero-order valence-corrected chi connectivity index (χ0v) is 20.3. The van der Waals surface area contributed by atoms with Crippen molar-refractivity contribution in [2.24, 2.45) is 11.8 Å². The summed E-state index contributed by atoms with van der Waals surface area (Å²) in [6, 6.07) is 7.17. The molecule has 0 saturated heterocycles. The molecule has 2 aliphatic carbocycles. The first-order valence-corrected chi connectivity index (χ1v) is 13.5. The lowest BCUT2D eigenvalue weighted by molar-refractivity contribution is 0.291. The van der Waals surface area contributed by atoms with Crippen LogP contribution in [0.2, 0.25) is 0 Å². The minimum Gasteiger partial charge on any atom is -0.494 e. The van der Waals surface area contributed by atoms with Gasteiger partial charge in [0.1, 0.15) is 5.75 Å². The third-order valence-corrected chi connectivity index (χ3v) is 8.02. The molecule has 1 nitrogen and oxygen atoms in total. The zero-order chi connectivity index (χ0) is 21.2. The van der Waals surface area contributed by atoms with Gasteiger partial charge in [-0.1, -0.05) is 65.4 Å². The highest BCUT2D eigenvalue weighted by Gasteiger charge is 2.28. The van der Waals surface area contributed by atoms with E-state index in [1.165, 1.54) is 89.9 Å². The molecule has 0 spiro atoms. The molecule has 0 aromatic heterocycles. The standard InChI is InChI=1S/C29H48O/c1-4-7-8-10-24-13-15-25(16-14-24)28-20-19-27(30-21-6-3)22-29(28)26-17-11-23(9-5-2)12-18-26/h19-20,22-26H,4-18,21H2,1-3H3. The molecule has 2 fully saturated rings. The first-order valence-electron chi connectivity index (χ1n) is 13.5. The van der Waals surface area contributed by atoms with Gasteiger partial charge < -0.3 is 4.74 Å². The summed E-state index contributed by atoms with van der Waals surface area (Å²) in [6.45, 7) is 7.70. The Bertz CT molecular complexity index is 590. The van der Waals surface area contributed by atoms with Gasteiger partial charge in [0.05, 0.1) is 6.61 Å². The molecule has 2 saturated carbocycles. The summed E-state index contributed by atoms with van der Waals surface area (Å²) in [5, 5.41) is 0. The van der Waals surface area contributed by atoms with Crippen LogP contribution in [0.15, 0.2) is 18.2 Å². The highest BCUT2D eigenvalue weighted by molar-refractivity contribution is 5.40. The lowest BCUT2D eigenvalue weighted by Gasteiger charge is -2.34. The number of ether oxygens (including phenoxy) is 1. The van der Waals surface area contributed by atoms with Crippen LogP contribution < -0.4 is 4.74 Å². The van der Waals surface area contributed by atoms with E-state index < -0.39 is 0 Å². The lowest BCUT2D eigenvalue weighted by Crippen LogP contribution is -2.18. The van der Waals surface area contributed by atoms with Crippen molar-refractivity contribution in [2.75, 3.05) is 6.61 Å². The van der Waals surface area contributed by atoms with Crippen molar-refractivity contribution in [3.63, 3.8) is 0 Å². The van der Waals surface area contributed by atoms with Gasteiger partial charge in [-0.15, -0.1) is 0 Å². The molecule has 30 heavy (non-hydrogen) atoms. The Balaban J connectivity index is 1.67. The van der Waals surface area contributed by atoms with Crippen LogP contribution in [0.1, 0.15) is 140 Å². The fourth-order valence-electron chi connectivity index (χ4n) is 6.20. The van der Waals surface area contributed by atoms with Crippen LogP contribution in [-0.2, 0) is 0 Å². The minimum atomic E-state index is 0.764. The summed E-state index contributed by atoms with van der Waals surface area (Å²) in [4.78, 5) is 0. The molecule has 0 unspecified atom stereocenters. The number of benzene rings is 1. The van der Waals surface area contributed by atoms with Crippen LogP contribution in [0.4, 0.5) is 0 Å². The highest BCUT2D eigenvalue weighted by atomic mass is 16.5. The summed E-state index contributed by atoms with van der Waals surface area (Å²) in [5.74, 6) is 4.64. The van der Waals surface area contributed by atoms with Crippen LogP contribution in [0, 0.1) is 11.8 Å². The van der Waals surface area contributed by atoms with E-state index in [1.807, 2.05) is 0 Å². The maximum absolute atomic E-state index is 6.06. The van der Waals surface area contributed by atoms with Crippen LogP contribution >= 0.6 is 0 Å². The van der Waals surface area contributed by atoms with Gasteiger partial charge in [0.25, 0.3) is 0 Å². The summed E-state index contributed by atoms with van der Waals surface area (Å²) >= 11 is 0. The summed E-state index contributed by atoms with van der Waals surface area (Å²) in [5.41, 5.74) is 3.35. The number of rotatable bonds is 11. The second-order valence-electron chi connectivity index (χ2n) is 10.4. The average Bonchev–Trinajstić information content (AvgIpc) is 2.79. The second kappa shape index (κ2) is 12.8. The quantitative estimate of drug-likeness (QED) is 0.329. The SMILES string of the molecule is CCCCCC1CCC(c2ccc(OCCC)cc2C2CCC(CCC)CC2)CC1. The Morgan fingerprint density at radius 1 is 0.667 bits per heavy atom. The Morgan fingerprint density at radius 2 is 1.30 bits per heavy atom. The smallest absolute Gasteiger partial charge is 0.119 e. The van der Waals surface area contributed by atoms with Gasteiger partial charge in [-0.3, -0.25) is 0 Å². The van der Waals surface area contributed by atoms with Crippen molar-refractivity contribution in [1.29, 1.82) is 0 Å². The number of hydrogen-bond donors (Lipinski definition) is 0. The molecule has 0 bridgehead atoms. The normalized spacial score (nSPS) is 27.2. The molecule has 2 aliphatic rings. The molecule has 1 aromatic rings. The molecule has 0 aliphatic heterocycles. The molecule has 0 amide bonds. The van der Waals surface area contributed by atoms with Gasteiger partial charge in [-0.05, 0) is 105 Å². The fourth-order valence-corrected chi connectivity index (χ4v) is 6.20. The Labute approximate surface area is 187 Å². The molecule has 0 atom stereocenters. The molecule has 0 heterocycles. The van der Waals surface area contributed by atoms with E-state index in [-0.39, 0.29) is 0 Å². The monoisotopic (exact) mass is 412 g/mol. The number of hydrogen-bond acceptors (Lipinski definition) is 1. The second-order valence-corrected chi connectivity index (χ2v) is 10.4. The Kier molecular flexibility index (Phi) is 10.1. The van der Waals surface area contributed by atoms with Crippen LogP contribution in [0.25, 0.3) is 0 Å². The Hall–Kier alpha value is -0.980. The zero-order valence-electron chi connectivity index (χ0n) is 20.3. The maximum atomic E-state index is 6.06. The largest absolute Gasteiger partial charge is 0.494 e. The molecular weight excluding hydrogens is 364 g/mol. The van der Waals surface area contributed by atoms with Crippen molar-refractivity contribution in [3.8, 4) is 5.75 Å². The van der Waals surface area contributed by atoms with E-state index in [0.29, 0.717) is 0 Å². The third-order valence-electron chi connectivity index (χ3n) is 8.02. The summed E-state index contributed by atoms with van der Waals surface area (Å²) in [7, 11) is 0. The molecular formula is C29H48O. The van der Waals surface area contributed by atoms with E-state index in [4.69, 9.17) is 4.74 Å². The van der Waals surface area contributed by atoms with E-state index in [9.17, 15) is 0 Å². The predicted molar refractivity (Wildman–Crippen MR) is 131 cm³/mol. The van der Waals surface area contributed by atoms with Crippen molar-refractivity contribution in [1.82, 2.24) is 0 Å². The van der Waals surface area contributed by atoms with Gasteiger partial charge >= 0.3 is 0 Å². The van der Waals surface area contributed by atoms with Crippen molar-refractivity contribution in [3.05, 3.63) is 29.3 Å². The van der Waals surface area contributed by atoms with Gasteiger partial charge in [0.15, 0.2) is 0 Å². The lowest BCUT2D eigenvalue weighted by atomic mass is 9.71. The van der Waals surface area contributed by atoms with Crippen LogP contribution in [0.3, 0.4) is 0 Å². The van der Waals surface area contributed by atoms with E-state index >= 15 is 0 Å². The Morgan fingerprint density at radius 3 is 1.90 bits per heavy atom. The first kappa shape index (κ1) is 23.7. The number of unbranched alkanes of at least 4 members (excludes halogenated alkanes) is 2. The van der Waals surface area contributed by atoms with Crippen molar-refractivity contribution >= 4 is 0 Å². The van der Waals surface area contributed by atoms with Crippen LogP contribution in [-0.4, -0.2) is 6.61 Å². The highest BCUT2D eigenvalue weighted by Crippen LogP contribution is 2.45. The molecule has 0 radical (unpaired) electrons. The van der Waals surface area contributed by atoms with Crippen molar-refractivity contribution in [2.45, 2.75) is 129 Å². The summed E-state index contributed by atoms with van der Waals surface area (Å²) in [6.07, 6.45) is 20.9. The molecule has 1 aromatic carbocycles. The van der Waals surface area contributed by atoms with Gasteiger partial charge in [0.2, 0.25) is 0 Å². The summed E-state index contributed by atoms with van der Waals surface area (Å²) < 4.78 is 6.06. The van der Waals surface area contributed by atoms with Crippen molar-refractivity contribution < 1.29 is 4.74 Å².